The van der Waals surface area contributed by atoms with Gasteiger partial charge >= 0.3 is 6.09 Å². The molecule has 1 aliphatic rings. The Kier molecular flexibility index (Phi) is 3.96. The van der Waals surface area contributed by atoms with E-state index < -0.39 is 0 Å². The fourth-order valence-corrected chi connectivity index (χ4v) is 3.32. The molecule has 1 aromatic heterocycles. The molecule has 2 heterocycles. The Bertz CT molecular complexity index is 632. The average molecular weight is 374 g/mol. The van der Waals surface area contributed by atoms with Crippen LogP contribution in [-0.4, -0.2) is 29.6 Å². The Labute approximate surface area is 133 Å². The second-order valence-corrected chi connectivity index (χ2v) is 6.34. The first kappa shape index (κ1) is 13.9. The molecule has 20 heavy (non-hydrogen) atoms. The van der Waals surface area contributed by atoms with Crippen LogP contribution in [0.15, 0.2) is 34.1 Å². The van der Waals surface area contributed by atoms with Crippen LogP contribution < -0.4 is 4.90 Å². The van der Waals surface area contributed by atoms with Crippen molar-refractivity contribution in [1.29, 1.82) is 0 Å². The van der Waals surface area contributed by atoms with Gasteiger partial charge in [0.05, 0.1) is 11.7 Å². The first-order valence-corrected chi connectivity index (χ1v) is 8.13. The molecule has 7 heteroatoms. The molecule has 0 unspecified atom stereocenters. The molecule has 1 aromatic carbocycles. The summed E-state index contributed by atoms with van der Waals surface area (Å²) in [6.45, 7) is 0.315. The van der Waals surface area contributed by atoms with Gasteiger partial charge in [0.1, 0.15) is 6.61 Å². The van der Waals surface area contributed by atoms with Crippen molar-refractivity contribution in [3.8, 4) is 11.3 Å². The molecule has 1 aliphatic heterocycles. The summed E-state index contributed by atoms with van der Waals surface area (Å²) in [5, 5.41) is 2.55. The lowest BCUT2D eigenvalue weighted by Gasteiger charge is -2.15. The highest BCUT2D eigenvalue weighted by atomic mass is 79.9. The molecule has 3 rings (SSSR count). The van der Waals surface area contributed by atoms with E-state index in [-0.39, 0.29) is 12.1 Å². The molecule has 0 saturated carbocycles. The van der Waals surface area contributed by atoms with E-state index in [1.54, 1.807) is 0 Å². The van der Waals surface area contributed by atoms with Crippen molar-refractivity contribution in [1.82, 2.24) is 4.98 Å². The van der Waals surface area contributed by atoms with Crippen molar-refractivity contribution >= 4 is 50.1 Å². The van der Waals surface area contributed by atoms with E-state index in [4.69, 9.17) is 16.3 Å². The molecule has 2 aromatic rings. The normalized spacial score (nSPS) is 18.4. The van der Waals surface area contributed by atoms with Crippen LogP contribution in [0.25, 0.3) is 11.3 Å². The zero-order chi connectivity index (χ0) is 14.1. The summed E-state index contributed by atoms with van der Waals surface area (Å²) >= 11 is 10.7. The minimum absolute atomic E-state index is 0.145. The van der Waals surface area contributed by atoms with Crippen molar-refractivity contribution in [3.05, 3.63) is 34.1 Å². The van der Waals surface area contributed by atoms with Gasteiger partial charge in [-0.15, -0.1) is 22.9 Å². The first-order chi connectivity index (χ1) is 9.69. The molecule has 0 aliphatic carbocycles. The van der Waals surface area contributed by atoms with Crippen LogP contribution in [0.1, 0.15) is 0 Å². The molecule has 0 radical (unpaired) electrons. The van der Waals surface area contributed by atoms with Crippen molar-refractivity contribution in [2.45, 2.75) is 6.04 Å². The van der Waals surface area contributed by atoms with Gasteiger partial charge in [0.25, 0.3) is 0 Å². The number of aromatic nitrogens is 1. The number of ether oxygens (including phenoxy) is 1. The lowest BCUT2D eigenvalue weighted by atomic mass is 10.2. The summed E-state index contributed by atoms with van der Waals surface area (Å²) in [4.78, 5) is 17.8. The van der Waals surface area contributed by atoms with E-state index in [2.05, 4.69) is 20.9 Å². The van der Waals surface area contributed by atoms with Crippen molar-refractivity contribution < 1.29 is 9.53 Å². The second-order valence-electron chi connectivity index (χ2n) is 4.28. The van der Waals surface area contributed by atoms with Gasteiger partial charge in [-0.2, -0.15) is 0 Å². The molecule has 0 bridgehead atoms. The number of rotatable bonds is 3. The van der Waals surface area contributed by atoms with Crippen LogP contribution in [0.4, 0.5) is 9.93 Å². The highest BCUT2D eigenvalue weighted by Gasteiger charge is 2.35. The van der Waals surface area contributed by atoms with Crippen molar-refractivity contribution in [2.24, 2.45) is 0 Å². The molecule has 1 amide bonds. The third-order valence-electron chi connectivity index (χ3n) is 2.98. The van der Waals surface area contributed by atoms with Crippen LogP contribution in [0.3, 0.4) is 0 Å². The number of hydrogen-bond donors (Lipinski definition) is 0. The molecule has 1 saturated heterocycles. The molecular formula is C13H10BrClN2O2S. The van der Waals surface area contributed by atoms with Gasteiger partial charge in [-0.3, -0.25) is 0 Å². The lowest BCUT2D eigenvalue weighted by molar-refractivity contribution is 0.179. The summed E-state index contributed by atoms with van der Waals surface area (Å²) in [5.41, 5.74) is 1.84. The van der Waals surface area contributed by atoms with Gasteiger partial charge in [-0.25, -0.2) is 14.7 Å². The topological polar surface area (TPSA) is 42.4 Å². The van der Waals surface area contributed by atoms with E-state index in [1.165, 1.54) is 16.2 Å². The minimum atomic E-state index is -0.382. The number of hydrogen-bond acceptors (Lipinski definition) is 4. The zero-order valence-corrected chi connectivity index (χ0v) is 13.4. The third-order valence-corrected chi connectivity index (χ3v) is 4.70. The van der Waals surface area contributed by atoms with Gasteiger partial charge in [0.15, 0.2) is 5.13 Å². The van der Waals surface area contributed by atoms with E-state index in [9.17, 15) is 4.79 Å². The van der Waals surface area contributed by atoms with Gasteiger partial charge in [0, 0.05) is 21.3 Å². The number of cyclic esters (lactones) is 1. The monoisotopic (exact) mass is 372 g/mol. The number of carbonyl (C=O) groups is 1. The van der Waals surface area contributed by atoms with E-state index in [0.717, 1.165) is 15.7 Å². The average Bonchev–Trinajstić information content (AvgIpc) is 3.05. The van der Waals surface area contributed by atoms with Crippen LogP contribution in [-0.2, 0) is 4.74 Å². The summed E-state index contributed by atoms with van der Waals surface area (Å²) < 4.78 is 6.03. The number of anilines is 1. The quantitative estimate of drug-likeness (QED) is 0.760. The van der Waals surface area contributed by atoms with Gasteiger partial charge in [-0.05, 0) is 12.1 Å². The fraction of sp³-hybridized carbons (Fsp3) is 0.231. The predicted octanol–water partition coefficient (Wildman–Crippen LogP) is 4.14. The largest absolute Gasteiger partial charge is 0.447 e. The fourth-order valence-electron chi connectivity index (χ4n) is 1.94. The summed E-state index contributed by atoms with van der Waals surface area (Å²) in [5.74, 6) is 0.332. The molecule has 0 spiro atoms. The van der Waals surface area contributed by atoms with Gasteiger partial charge in [0.2, 0.25) is 0 Å². The number of alkyl halides is 1. The SMILES string of the molecule is O=C1OC[C@@H](CCl)N1c1nc(-c2ccc(Br)cc2)cs1. The van der Waals surface area contributed by atoms with E-state index in [1.807, 2.05) is 29.6 Å². The van der Waals surface area contributed by atoms with Crippen LogP contribution in [0.2, 0.25) is 0 Å². The van der Waals surface area contributed by atoms with E-state index >= 15 is 0 Å². The molecular weight excluding hydrogens is 364 g/mol. The second kappa shape index (κ2) is 5.71. The first-order valence-electron chi connectivity index (χ1n) is 5.92. The maximum absolute atomic E-state index is 11.7. The van der Waals surface area contributed by atoms with Crippen molar-refractivity contribution in [3.63, 3.8) is 0 Å². The van der Waals surface area contributed by atoms with Crippen LogP contribution in [0.5, 0.6) is 0 Å². The van der Waals surface area contributed by atoms with Gasteiger partial charge < -0.3 is 4.74 Å². The zero-order valence-electron chi connectivity index (χ0n) is 10.3. The summed E-state index contributed by atoms with van der Waals surface area (Å²) in [6.07, 6.45) is -0.382. The van der Waals surface area contributed by atoms with Crippen LogP contribution >= 0.6 is 38.9 Å². The Morgan fingerprint density at radius 2 is 2.20 bits per heavy atom. The predicted molar refractivity (Wildman–Crippen MR) is 83.6 cm³/mol. The lowest BCUT2D eigenvalue weighted by Crippen LogP contribution is -2.34. The van der Waals surface area contributed by atoms with Crippen molar-refractivity contribution in [2.75, 3.05) is 17.4 Å². The van der Waals surface area contributed by atoms with E-state index in [0.29, 0.717) is 17.6 Å². The number of nitrogens with zero attached hydrogens (tertiary/aromatic N) is 2. The molecule has 4 nitrogen and oxygen atoms in total. The standard InChI is InChI=1S/C13H10BrClN2O2S/c14-9-3-1-8(2-4-9)11-7-20-12(16-11)17-10(5-15)6-19-13(17)18/h1-4,7,10H,5-6H2/t10-/m1/s1. The smallest absolute Gasteiger partial charge is 0.416 e. The number of amides is 1. The number of carbonyl (C=O) groups excluding carboxylic acids is 1. The molecule has 1 atom stereocenters. The number of benzene rings is 1. The Balaban J connectivity index is 1.90. The number of halogens is 2. The van der Waals surface area contributed by atoms with Gasteiger partial charge in [-0.1, -0.05) is 28.1 Å². The maximum atomic E-state index is 11.7. The Hall–Kier alpha value is -1.11. The highest BCUT2D eigenvalue weighted by molar-refractivity contribution is 9.10. The molecule has 1 fully saturated rings. The maximum Gasteiger partial charge on any atom is 0.416 e. The summed E-state index contributed by atoms with van der Waals surface area (Å²) in [6, 6.07) is 7.72. The minimum Gasteiger partial charge on any atom is -0.447 e. The summed E-state index contributed by atoms with van der Waals surface area (Å²) in [7, 11) is 0. The molecule has 0 N–H and O–H groups in total. The Morgan fingerprint density at radius 1 is 1.45 bits per heavy atom. The number of thiazole rings is 1. The highest BCUT2D eigenvalue weighted by Crippen LogP contribution is 2.31. The third kappa shape index (κ3) is 2.55. The molecule has 104 valence electrons. The Morgan fingerprint density at radius 3 is 2.90 bits per heavy atom. The van der Waals surface area contributed by atoms with Crippen LogP contribution in [0, 0.1) is 0 Å².